The molecule has 6 heteroatoms. The van der Waals surface area contributed by atoms with Gasteiger partial charge in [-0.05, 0) is 42.8 Å². The van der Waals surface area contributed by atoms with Gasteiger partial charge in [-0.25, -0.2) is 4.39 Å². The molecule has 110 valence electrons. The summed E-state index contributed by atoms with van der Waals surface area (Å²) in [7, 11) is 0. The van der Waals surface area contributed by atoms with Crippen LogP contribution in [0.25, 0.3) is 0 Å². The highest BCUT2D eigenvalue weighted by Gasteiger charge is 2.11. The van der Waals surface area contributed by atoms with Crippen LogP contribution in [0, 0.1) is 15.9 Å². The lowest BCUT2D eigenvalue weighted by atomic mass is 10.2. The Morgan fingerprint density at radius 2 is 1.95 bits per heavy atom. The standard InChI is InChI=1S/C15H15FN2O2S/c1-2-17-15-8-5-13(18(19)20)9-11(15)10-21-14-6-3-12(16)4-7-14/h3-9,17H,2,10H2,1H3. The molecular formula is C15H15FN2O2S. The molecule has 0 saturated heterocycles. The van der Waals surface area contributed by atoms with E-state index in [0.717, 1.165) is 22.7 Å². The fraction of sp³-hybridized carbons (Fsp3) is 0.200. The number of thioether (sulfide) groups is 1. The summed E-state index contributed by atoms with van der Waals surface area (Å²) in [5.41, 5.74) is 1.82. The van der Waals surface area contributed by atoms with E-state index in [1.165, 1.54) is 30.0 Å². The number of nitro benzene ring substituents is 1. The van der Waals surface area contributed by atoms with Crippen molar-refractivity contribution in [3.8, 4) is 0 Å². The van der Waals surface area contributed by atoms with Crippen LogP contribution in [0.15, 0.2) is 47.4 Å². The first-order chi connectivity index (χ1) is 10.1. The summed E-state index contributed by atoms with van der Waals surface area (Å²) < 4.78 is 12.9. The van der Waals surface area contributed by atoms with Gasteiger partial charge in [0.05, 0.1) is 4.92 Å². The van der Waals surface area contributed by atoms with Crippen molar-refractivity contribution in [2.75, 3.05) is 11.9 Å². The van der Waals surface area contributed by atoms with Crippen LogP contribution in [-0.4, -0.2) is 11.5 Å². The van der Waals surface area contributed by atoms with Gasteiger partial charge < -0.3 is 5.32 Å². The number of anilines is 1. The lowest BCUT2D eigenvalue weighted by Crippen LogP contribution is -2.01. The predicted octanol–water partition coefficient (Wildman–Crippen LogP) is 4.46. The number of nitrogens with zero attached hydrogens (tertiary/aromatic N) is 1. The zero-order valence-electron chi connectivity index (χ0n) is 11.5. The number of hydrogen-bond donors (Lipinski definition) is 1. The van der Waals surface area contributed by atoms with Gasteiger partial charge in [-0.3, -0.25) is 10.1 Å². The Morgan fingerprint density at radius 1 is 1.24 bits per heavy atom. The number of benzene rings is 2. The van der Waals surface area contributed by atoms with E-state index in [4.69, 9.17) is 0 Å². The quantitative estimate of drug-likeness (QED) is 0.486. The van der Waals surface area contributed by atoms with Crippen molar-refractivity contribution < 1.29 is 9.31 Å². The van der Waals surface area contributed by atoms with Gasteiger partial charge in [0.15, 0.2) is 0 Å². The molecule has 0 atom stereocenters. The van der Waals surface area contributed by atoms with Gasteiger partial charge in [-0.2, -0.15) is 0 Å². The Balaban J connectivity index is 2.17. The van der Waals surface area contributed by atoms with Gasteiger partial charge in [-0.1, -0.05) is 0 Å². The smallest absolute Gasteiger partial charge is 0.269 e. The van der Waals surface area contributed by atoms with Crippen molar-refractivity contribution in [3.05, 3.63) is 64.0 Å². The number of nitrogens with one attached hydrogen (secondary N) is 1. The summed E-state index contributed by atoms with van der Waals surface area (Å²) in [4.78, 5) is 11.4. The molecule has 0 aliphatic carbocycles. The van der Waals surface area contributed by atoms with Crippen molar-refractivity contribution in [2.45, 2.75) is 17.6 Å². The summed E-state index contributed by atoms with van der Waals surface area (Å²) in [6, 6.07) is 11.0. The zero-order chi connectivity index (χ0) is 15.2. The first-order valence-corrected chi connectivity index (χ1v) is 7.48. The van der Waals surface area contributed by atoms with Crippen LogP contribution in [0.4, 0.5) is 15.8 Å². The first-order valence-electron chi connectivity index (χ1n) is 6.49. The van der Waals surface area contributed by atoms with Crippen LogP contribution < -0.4 is 5.32 Å². The van der Waals surface area contributed by atoms with Gasteiger partial charge in [0.1, 0.15) is 5.82 Å². The molecule has 0 unspecified atom stereocenters. The number of rotatable bonds is 6. The third-order valence-corrected chi connectivity index (χ3v) is 3.94. The molecule has 1 N–H and O–H groups in total. The fourth-order valence-electron chi connectivity index (χ4n) is 1.87. The van der Waals surface area contributed by atoms with E-state index in [1.807, 2.05) is 6.92 Å². The van der Waals surface area contributed by atoms with Crippen molar-refractivity contribution >= 4 is 23.1 Å². The second kappa shape index (κ2) is 7.08. The second-order valence-corrected chi connectivity index (χ2v) is 5.42. The Kier molecular flexibility index (Phi) is 5.16. The van der Waals surface area contributed by atoms with Gasteiger partial charge in [0.25, 0.3) is 5.69 Å². The first kappa shape index (κ1) is 15.3. The van der Waals surface area contributed by atoms with Gasteiger partial charge in [-0.15, -0.1) is 11.8 Å². The molecule has 0 fully saturated rings. The number of nitro groups is 1. The van der Waals surface area contributed by atoms with Crippen molar-refractivity contribution in [2.24, 2.45) is 0 Å². The van der Waals surface area contributed by atoms with Gasteiger partial charge in [0.2, 0.25) is 0 Å². The lowest BCUT2D eigenvalue weighted by molar-refractivity contribution is -0.384. The molecular weight excluding hydrogens is 291 g/mol. The zero-order valence-corrected chi connectivity index (χ0v) is 12.3. The van der Waals surface area contributed by atoms with E-state index in [0.29, 0.717) is 5.75 Å². The topological polar surface area (TPSA) is 55.2 Å². The minimum atomic E-state index is -0.401. The highest BCUT2D eigenvalue weighted by molar-refractivity contribution is 7.98. The maximum atomic E-state index is 12.9. The van der Waals surface area contributed by atoms with E-state index >= 15 is 0 Å². The van der Waals surface area contributed by atoms with Crippen molar-refractivity contribution in [1.82, 2.24) is 0 Å². The van der Waals surface area contributed by atoms with Gasteiger partial charge in [0, 0.05) is 35.0 Å². The number of halogens is 1. The van der Waals surface area contributed by atoms with Crippen LogP contribution in [0.5, 0.6) is 0 Å². The predicted molar refractivity (Wildman–Crippen MR) is 83.2 cm³/mol. The second-order valence-electron chi connectivity index (χ2n) is 4.37. The molecule has 0 aliphatic heterocycles. The Labute approximate surface area is 126 Å². The normalized spacial score (nSPS) is 10.4. The van der Waals surface area contributed by atoms with E-state index in [1.54, 1.807) is 24.3 Å². The minimum absolute atomic E-state index is 0.0753. The Bertz CT molecular complexity index is 632. The van der Waals surface area contributed by atoms with Crippen LogP contribution >= 0.6 is 11.8 Å². The summed E-state index contributed by atoms with van der Waals surface area (Å²) in [6.45, 7) is 2.71. The molecule has 0 radical (unpaired) electrons. The molecule has 0 aromatic heterocycles. The lowest BCUT2D eigenvalue weighted by Gasteiger charge is -2.10. The highest BCUT2D eigenvalue weighted by Crippen LogP contribution is 2.29. The largest absolute Gasteiger partial charge is 0.385 e. The molecule has 0 amide bonds. The summed E-state index contributed by atoms with van der Waals surface area (Å²) >= 11 is 1.51. The minimum Gasteiger partial charge on any atom is -0.385 e. The molecule has 2 rings (SSSR count). The molecule has 2 aromatic carbocycles. The Morgan fingerprint density at radius 3 is 2.57 bits per heavy atom. The van der Waals surface area contributed by atoms with Crippen LogP contribution in [0.3, 0.4) is 0 Å². The van der Waals surface area contributed by atoms with E-state index in [2.05, 4.69) is 5.32 Å². The average Bonchev–Trinajstić information content (AvgIpc) is 2.48. The van der Waals surface area contributed by atoms with Crippen molar-refractivity contribution in [3.63, 3.8) is 0 Å². The maximum absolute atomic E-state index is 12.9. The third-order valence-electron chi connectivity index (χ3n) is 2.87. The molecule has 0 aliphatic rings. The summed E-state index contributed by atoms with van der Waals surface area (Å²) in [5.74, 6) is 0.304. The molecule has 0 bridgehead atoms. The summed E-state index contributed by atoms with van der Waals surface area (Å²) in [6.07, 6.45) is 0. The molecule has 4 nitrogen and oxygen atoms in total. The molecule has 2 aromatic rings. The highest BCUT2D eigenvalue weighted by atomic mass is 32.2. The van der Waals surface area contributed by atoms with Gasteiger partial charge >= 0.3 is 0 Å². The SMILES string of the molecule is CCNc1ccc([N+](=O)[O-])cc1CSc1ccc(F)cc1. The van der Waals surface area contributed by atoms with Crippen LogP contribution in [0.2, 0.25) is 0 Å². The summed E-state index contributed by atoms with van der Waals surface area (Å²) in [5, 5.41) is 14.1. The maximum Gasteiger partial charge on any atom is 0.269 e. The fourth-order valence-corrected chi connectivity index (χ4v) is 2.76. The van der Waals surface area contributed by atoms with Crippen molar-refractivity contribution in [1.29, 1.82) is 0 Å². The third kappa shape index (κ3) is 4.19. The monoisotopic (exact) mass is 306 g/mol. The van der Waals surface area contributed by atoms with Crippen LogP contribution in [-0.2, 0) is 5.75 Å². The number of non-ortho nitro benzene ring substituents is 1. The molecule has 0 spiro atoms. The van der Waals surface area contributed by atoms with E-state index in [9.17, 15) is 14.5 Å². The number of hydrogen-bond acceptors (Lipinski definition) is 4. The molecule has 0 heterocycles. The molecule has 0 saturated carbocycles. The Hall–Kier alpha value is -2.08. The molecule has 21 heavy (non-hydrogen) atoms. The van der Waals surface area contributed by atoms with E-state index in [-0.39, 0.29) is 11.5 Å². The van der Waals surface area contributed by atoms with E-state index < -0.39 is 4.92 Å². The average molecular weight is 306 g/mol. The van der Waals surface area contributed by atoms with Crippen LogP contribution in [0.1, 0.15) is 12.5 Å².